The lowest BCUT2D eigenvalue weighted by Crippen LogP contribution is -2.36. The molecule has 0 atom stereocenters. The number of unbranched alkanes of at least 4 members (excludes halogenated alkanes) is 4. The van der Waals surface area contributed by atoms with Crippen molar-refractivity contribution in [2.75, 3.05) is 19.6 Å². The van der Waals surface area contributed by atoms with Crippen molar-refractivity contribution in [3.63, 3.8) is 0 Å². The molecular weight excluding hydrogens is 198 g/mol. The first kappa shape index (κ1) is 13.7. The molecule has 0 aromatic carbocycles. The highest BCUT2D eigenvalue weighted by molar-refractivity contribution is 5.78. The topological polar surface area (TPSA) is 20.3 Å². The average Bonchev–Trinajstić information content (AvgIpc) is 2.29. The Bertz CT molecular complexity index is 195. The first-order valence-electron chi connectivity index (χ1n) is 6.97. The standard InChI is InChI=1S/C14H27NO/c1-3-4-5-6-7-10-15-11-8-14(9-12-15)13(2)16/h14H,3-12H2,1-2H3. The number of carbonyl (C=O) groups excluding carboxylic acids is 1. The van der Waals surface area contributed by atoms with E-state index in [4.69, 9.17) is 0 Å². The molecular formula is C14H27NO. The van der Waals surface area contributed by atoms with Crippen LogP contribution in [0.1, 0.15) is 58.8 Å². The van der Waals surface area contributed by atoms with Crippen molar-refractivity contribution in [2.45, 2.75) is 58.8 Å². The molecule has 0 aromatic heterocycles. The van der Waals surface area contributed by atoms with Crippen LogP contribution in [-0.4, -0.2) is 30.3 Å². The highest BCUT2D eigenvalue weighted by Crippen LogP contribution is 2.18. The lowest BCUT2D eigenvalue weighted by molar-refractivity contribution is -0.122. The van der Waals surface area contributed by atoms with Gasteiger partial charge in [-0.15, -0.1) is 0 Å². The van der Waals surface area contributed by atoms with E-state index in [0.717, 1.165) is 25.9 Å². The van der Waals surface area contributed by atoms with Gasteiger partial charge in [-0.1, -0.05) is 32.6 Å². The molecule has 0 aromatic rings. The SMILES string of the molecule is CCCCCCCN1CCC(C(C)=O)CC1. The van der Waals surface area contributed by atoms with E-state index >= 15 is 0 Å². The summed E-state index contributed by atoms with van der Waals surface area (Å²) >= 11 is 0. The Balaban J connectivity index is 2.02. The zero-order chi connectivity index (χ0) is 11.8. The molecule has 0 radical (unpaired) electrons. The summed E-state index contributed by atoms with van der Waals surface area (Å²) in [6, 6.07) is 0. The van der Waals surface area contributed by atoms with Crippen LogP contribution in [0.5, 0.6) is 0 Å². The van der Waals surface area contributed by atoms with Gasteiger partial charge in [0.25, 0.3) is 0 Å². The highest BCUT2D eigenvalue weighted by atomic mass is 16.1. The summed E-state index contributed by atoms with van der Waals surface area (Å²) in [6.07, 6.45) is 8.98. The third-order valence-electron chi connectivity index (χ3n) is 3.74. The van der Waals surface area contributed by atoms with Crippen molar-refractivity contribution in [1.29, 1.82) is 0 Å². The number of Topliss-reactive ketones (excluding diaryl/α,β-unsaturated/α-hetero) is 1. The molecule has 1 heterocycles. The molecule has 2 heteroatoms. The molecule has 16 heavy (non-hydrogen) atoms. The summed E-state index contributed by atoms with van der Waals surface area (Å²) in [7, 11) is 0. The van der Waals surface area contributed by atoms with Gasteiger partial charge < -0.3 is 4.90 Å². The number of hydrogen-bond acceptors (Lipinski definition) is 2. The highest BCUT2D eigenvalue weighted by Gasteiger charge is 2.21. The number of likely N-dealkylation sites (tertiary alicyclic amines) is 1. The quantitative estimate of drug-likeness (QED) is 0.620. The van der Waals surface area contributed by atoms with Crippen LogP contribution in [0.2, 0.25) is 0 Å². The maximum atomic E-state index is 11.2. The Labute approximate surface area is 100 Å². The van der Waals surface area contributed by atoms with Gasteiger partial charge in [0.15, 0.2) is 0 Å². The maximum absolute atomic E-state index is 11.2. The van der Waals surface area contributed by atoms with Crippen molar-refractivity contribution in [1.82, 2.24) is 4.90 Å². The first-order chi connectivity index (χ1) is 7.74. The minimum atomic E-state index is 0.358. The molecule has 2 nitrogen and oxygen atoms in total. The molecule has 1 fully saturated rings. The predicted molar refractivity (Wildman–Crippen MR) is 68.6 cm³/mol. The summed E-state index contributed by atoms with van der Waals surface area (Å²) in [6.45, 7) is 7.52. The van der Waals surface area contributed by atoms with Crippen molar-refractivity contribution in [2.24, 2.45) is 5.92 Å². The number of nitrogens with zero attached hydrogens (tertiary/aromatic N) is 1. The van der Waals surface area contributed by atoms with E-state index in [-0.39, 0.29) is 0 Å². The summed E-state index contributed by atoms with van der Waals surface area (Å²) in [5.41, 5.74) is 0. The second-order valence-electron chi connectivity index (χ2n) is 5.14. The fourth-order valence-corrected chi connectivity index (χ4v) is 2.50. The third-order valence-corrected chi connectivity index (χ3v) is 3.74. The van der Waals surface area contributed by atoms with Gasteiger partial charge in [0.2, 0.25) is 0 Å². The second kappa shape index (κ2) is 7.83. The van der Waals surface area contributed by atoms with E-state index in [1.807, 2.05) is 0 Å². The van der Waals surface area contributed by atoms with Crippen LogP contribution < -0.4 is 0 Å². The molecule has 0 unspecified atom stereocenters. The Morgan fingerprint density at radius 2 is 1.75 bits per heavy atom. The van der Waals surface area contributed by atoms with Crippen LogP contribution in [0.15, 0.2) is 0 Å². The summed E-state index contributed by atoms with van der Waals surface area (Å²) in [4.78, 5) is 13.8. The molecule has 0 amide bonds. The minimum Gasteiger partial charge on any atom is -0.303 e. The molecule has 0 aliphatic carbocycles. The van der Waals surface area contributed by atoms with Gasteiger partial charge in [0.05, 0.1) is 0 Å². The number of hydrogen-bond donors (Lipinski definition) is 0. The molecule has 0 bridgehead atoms. The van der Waals surface area contributed by atoms with E-state index in [0.29, 0.717) is 11.7 Å². The fraction of sp³-hybridized carbons (Fsp3) is 0.929. The van der Waals surface area contributed by atoms with Crippen molar-refractivity contribution in [3.8, 4) is 0 Å². The molecule has 94 valence electrons. The van der Waals surface area contributed by atoms with Crippen LogP contribution in [0, 0.1) is 5.92 Å². The zero-order valence-corrected chi connectivity index (χ0v) is 11.0. The van der Waals surface area contributed by atoms with Gasteiger partial charge in [-0.3, -0.25) is 4.79 Å². The minimum absolute atomic E-state index is 0.358. The third kappa shape index (κ3) is 5.11. The summed E-state index contributed by atoms with van der Waals surface area (Å²) < 4.78 is 0. The summed E-state index contributed by atoms with van der Waals surface area (Å²) in [5.74, 6) is 0.749. The first-order valence-corrected chi connectivity index (χ1v) is 6.97. The molecule has 1 aliphatic rings. The number of piperidine rings is 1. The molecule has 1 saturated heterocycles. The second-order valence-corrected chi connectivity index (χ2v) is 5.14. The van der Waals surface area contributed by atoms with E-state index in [9.17, 15) is 4.79 Å². The predicted octanol–water partition coefficient (Wildman–Crippen LogP) is 3.26. The molecule has 0 spiro atoms. The Kier molecular flexibility index (Phi) is 6.70. The van der Waals surface area contributed by atoms with Gasteiger partial charge in [-0.25, -0.2) is 0 Å². The van der Waals surface area contributed by atoms with Gasteiger partial charge in [-0.05, 0) is 45.8 Å². The number of carbonyl (C=O) groups is 1. The van der Waals surface area contributed by atoms with E-state index in [2.05, 4.69) is 11.8 Å². The van der Waals surface area contributed by atoms with Gasteiger partial charge in [0.1, 0.15) is 5.78 Å². The molecule has 0 saturated carbocycles. The number of ketones is 1. The lowest BCUT2D eigenvalue weighted by atomic mass is 9.93. The van der Waals surface area contributed by atoms with Crippen LogP contribution in [0.3, 0.4) is 0 Å². The van der Waals surface area contributed by atoms with E-state index < -0.39 is 0 Å². The Morgan fingerprint density at radius 3 is 2.31 bits per heavy atom. The number of rotatable bonds is 7. The van der Waals surface area contributed by atoms with Gasteiger partial charge >= 0.3 is 0 Å². The van der Waals surface area contributed by atoms with Crippen LogP contribution in [0.4, 0.5) is 0 Å². The Hall–Kier alpha value is -0.370. The van der Waals surface area contributed by atoms with Crippen LogP contribution in [-0.2, 0) is 4.79 Å². The van der Waals surface area contributed by atoms with Crippen molar-refractivity contribution >= 4 is 5.78 Å². The van der Waals surface area contributed by atoms with E-state index in [1.54, 1.807) is 6.92 Å². The monoisotopic (exact) mass is 225 g/mol. The zero-order valence-electron chi connectivity index (χ0n) is 11.0. The normalized spacial score (nSPS) is 18.9. The molecule has 1 rings (SSSR count). The van der Waals surface area contributed by atoms with E-state index in [1.165, 1.54) is 38.6 Å². The van der Waals surface area contributed by atoms with Gasteiger partial charge in [-0.2, -0.15) is 0 Å². The Morgan fingerprint density at radius 1 is 1.12 bits per heavy atom. The molecule has 0 N–H and O–H groups in total. The maximum Gasteiger partial charge on any atom is 0.133 e. The van der Waals surface area contributed by atoms with Crippen molar-refractivity contribution in [3.05, 3.63) is 0 Å². The summed E-state index contributed by atoms with van der Waals surface area (Å²) in [5, 5.41) is 0. The van der Waals surface area contributed by atoms with Crippen LogP contribution >= 0.6 is 0 Å². The average molecular weight is 225 g/mol. The largest absolute Gasteiger partial charge is 0.303 e. The van der Waals surface area contributed by atoms with Crippen LogP contribution in [0.25, 0.3) is 0 Å². The van der Waals surface area contributed by atoms with Crippen molar-refractivity contribution < 1.29 is 4.79 Å². The molecule has 1 aliphatic heterocycles. The van der Waals surface area contributed by atoms with Gasteiger partial charge in [0, 0.05) is 5.92 Å². The fourth-order valence-electron chi connectivity index (χ4n) is 2.50. The lowest BCUT2D eigenvalue weighted by Gasteiger charge is -2.30. The smallest absolute Gasteiger partial charge is 0.133 e.